The molecule has 0 fully saturated rings. The smallest absolute Gasteiger partial charge is 0.119 e. The Morgan fingerprint density at radius 1 is 1.21 bits per heavy atom. The van der Waals surface area contributed by atoms with Crippen LogP contribution in [0.15, 0.2) is 24.3 Å². The van der Waals surface area contributed by atoms with E-state index in [1.807, 2.05) is 6.07 Å². The van der Waals surface area contributed by atoms with E-state index in [2.05, 4.69) is 51.2 Å². The first-order valence-corrected chi connectivity index (χ1v) is 7.58. The van der Waals surface area contributed by atoms with Crippen molar-refractivity contribution in [2.24, 2.45) is 5.92 Å². The summed E-state index contributed by atoms with van der Waals surface area (Å²) < 4.78 is 5.96. The fourth-order valence-corrected chi connectivity index (χ4v) is 2.04. The van der Waals surface area contributed by atoms with Gasteiger partial charge in [0.05, 0.1) is 6.10 Å². The summed E-state index contributed by atoms with van der Waals surface area (Å²) in [5, 5.41) is 3.47. The van der Waals surface area contributed by atoms with Crippen molar-refractivity contribution in [3.05, 3.63) is 29.8 Å². The second-order valence-corrected chi connectivity index (χ2v) is 5.67. The zero-order valence-electron chi connectivity index (χ0n) is 12.9. The maximum Gasteiger partial charge on any atom is 0.119 e. The van der Waals surface area contributed by atoms with Crippen molar-refractivity contribution in [2.75, 3.05) is 13.1 Å². The third-order valence-electron chi connectivity index (χ3n) is 3.16. The Bertz CT molecular complexity index is 349. The fraction of sp³-hybridized carbons (Fsp3) is 0.647. The molecule has 0 amide bonds. The molecular weight excluding hydrogens is 234 g/mol. The van der Waals surface area contributed by atoms with Gasteiger partial charge in [0.1, 0.15) is 5.75 Å². The minimum Gasteiger partial charge on any atom is -0.491 e. The molecule has 2 nitrogen and oxygen atoms in total. The van der Waals surface area contributed by atoms with Gasteiger partial charge in [-0.3, -0.25) is 0 Å². The fourth-order valence-electron chi connectivity index (χ4n) is 2.04. The molecule has 1 rings (SSSR count). The third kappa shape index (κ3) is 7.22. The number of hydrogen-bond donors (Lipinski definition) is 1. The van der Waals surface area contributed by atoms with E-state index >= 15 is 0 Å². The van der Waals surface area contributed by atoms with E-state index in [0.29, 0.717) is 0 Å². The molecule has 19 heavy (non-hydrogen) atoms. The molecule has 1 aromatic carbocycles. The Kier molecular flexibility index (Phi) is 7.57. The molecule has 0 aliphatic heterocycles. The van der Waals surface area contributed by atoms with Crippen LogP contribution in [0.1, 0.15) is 46.1 Å². The molecule has 108 valence electrons. The first-order chi connectivity index (χ1) is 9.11. The van der Waals surface area contributed by atoms with Gasteiger partial charge in [-0.15, -0.1) is 0 Å². The van der Waals surface area contributed by atoms with E-state index in [-0.39, 0.29) is 6.10 Å². The van der Waals surface area contributed by atoms with Gasteiger partial charge in [0, 0.05) is 0 Å². The number of rotatable bonds is 9. The lowest BCUT2D eigenvalue weighted by Crippen LogP contribution is -2.22. The Morgan fingerprint density at radius 3 is 2.68 bits per heavy atom. The summed E-state index contributed by atoms with van der Waals surface area (Å²) in [6.07, 6.45) is 3.61. The third-order valence-corrected chi connectivity index (χ3v) is 3.16. The summed E-state index contributed by atoms with van der Waals surface area (Å²) in [4.78, 5) is 0. The van der Waals surface area contributed by atoms with Crippen LogP contribution in [0, 0.1) is 5.92 Å². The van der Waals surface area contributed by atoms with E-state index < -0.39 is 0 Å². The molecule has 0 spiro atoms. The van der Waals surface area contributed by atoms with Gasteiger partial charge < -0.3 is 10.1 Å². The number of hydrogen-bond acceptors (Lipinski definition) is 2. The van der Waals surface area contributed by atoms with Gasteiger partial charge in [0.25, 0.3) is 0 Å². The summed E-state index contributed by atoms with van der Waals surface area (Å²) in [5.74, 6) is 1.73. The van der Waals surface area contributed by atoms with E-state index in [0.717, 1.165) is 37.6 Å². The van der Waals surface area contributed by atoms with E-state index in [1.165, 1.54) is 12.0 Å². The average molecular weight is 263 g/mol. The minimum atomic E-state index is 0.285. The zero-order valence-corrected chi connectivity index (χ0v) is 12.9. The summed E-state index contributed by atoms with van der Waals surface area (Å²) >= 11 is 0. The van der Waals surface area contributed by atoms with Crippen molar-refractivity contribution < 1.29 is 4.74 Å². The van der Waals surface area contributed by atoms with Gasteiger partial charge in [-0.25, -0.2) is 0 Å². The highest BCUT2D eigenvalue weighted by Gasteiger charge is 2.04. The van der Waals surface area contributed by atoms with Gasteiger partial charge >= 0.3 is 0 Å². The van der Waals surface area contributed by atoms with Crippen molar-refractivity contribution in [3.63, 3.8) is 0 Å². The van der Waals surface area contributed by atoms with E-state index in [9.17, 15) is 0 Å². The maximum atomic E-state index is 5.96. The largest absolute Gasteiger partial charge is 0.491 e. The molecule has 0 saturated carbocycles. The van der Waals surface area contributed by atoms with Crippen LogP contribution in [-0.2, 0) is 6.42 Å². The molecule has 2 heteroatoms. The molecule has 1 N–H and O–H groups in total. The number of benzene rings is 1. The molecule has 1 unspecified atom stereocenters. The van der Waals surface area contributed by atoms with Crippen molar-refractivity contribution in [1.82, 2.24) is 5.32 Å². The molecule has 0 radical (unpaired) electrons. The second-order valence-electron chi connectivity index (χ2n) is 5.67. The van der Waals surface area contributed by atoms with Crippen LogP contribution in [0.3, 0.4) is 0 Å². The summed E-state index contributed by atoms with van der Waals surface area (Å²) in [6, 6.07) is 8.42. The lowest BCUT2D eigenvalue weighted by atomic mass is 10.1. The highest BCUT2D eigenvalue weighted by molar-refractivity contribution is 5.28. The monoisotopic (exact) mass is 263 g/mol. The number of ether oxygens (including phenoxy) is 1. The molecule has 0 aliphatic rings. The first-order valence-electron chi connectivity index (χ1n) is 7.58. The SMILES string of the molecule is CCc1cccc(OC(C)CCCNCC(C)C)c1. The Balaban J connectivity index is 2.21. The molecule has 0 heterocycles. The average Bonchev–Trinajstić information content (AvgIpc) is 2.38. The maximum absolute atomic E-state index is 5.96. The highest BCUT2D eigenvalue weighted by Crippen LogP contribution is 2.16. The van der Waals surface area contributed by atoms with Gasteiger partial charge in [0.15, 0.2) is 0 Å². The van der Waals surface area contributed by atoms with Gasteiger partial charge in [-0.1, -0.05) is 32.9 Å². The Morgan fingerprint density at radius 2 is 2.00 bits per heavy atom. The Hall–Kier alpha value is -1.02. The highest BCUT2D eigenvalue weighted by atomic mass is 16.5. The van der Waals surface area contributed by atoms with Gasteiger partial charge in [-0.05, 0) is 62.9 Å². The van der Waals surface area contributed by atoms with Gasteiger partial charge in [0.2, 0.25) is 0 Å². The topological polar surface area (TPSA) is 21.3 Å². The predicted octanol–water partition coefficient (Wildman–Crippen LogP) is 4.04. The van der Waals surface area contributed by atoms with Crippen molar-refractivity contribution in [2.45, 2.75) is 53.1 Å². The first kappa shape index (κ1) is 16.0. The number of nitrogens with one attached hydrogen (secondary N) is 1. The molecule has 0 saturated heterocycles. The summed E-state index contributed by atoms with van der Waals surface area (Å²) in [5.41, 5.74) is 1.34. The zero-order chi connectivity index (χ0) is 14.1. The van der Waals surface area contributed by atoms with Crippen LogP contribution in [0.2, 0.25) is 0 Å². The quantitative estimate of drug-likeness (QED) is 0.679. The van der Waals surface area contributed by atoms with Gasteiger partial charge in [-0.2, -0.15) is 0 Å². The van der Waals surface area contributed by atoms with Crippen molar-refractivity contribution >= 4 is 0 Å². The minimum absolute atomic E-state index is 0.285. The van der Waals surface area contributed by atoms with E-state index in [4.69, 9.17) is 4.74 Å². The van der Waals surface area contributed by atoms with Crippen LogP contribution in [0.25, 0.3) is 0 Å². The van der Waals surface area contributed by atoms with Crippen LogP contribution >= 0.6 is 0 Å². The van der Waals surface area contributed by atoms with Crippen LogP contribution in [0.4, 0.5) is 0 Å². The molecule has 1 aromatic rings. The van der Waals surface area contributed by atoms with Crippen molar-refractivity contribution in [3.8, 4) is 5.75 Å². The molecule has 0 aromatic heterocycles. The van der Waals surface area contributed by atoms with Crippen LogP contribution in [-0.4, -0.2) is 19.2 Å². The summed E-state index contributed by atoms with van der Waals surface area (Å²) in [6.45, 7) is 11.0. The molecule has 0 aliphatic carbocycles. The standard InChI is InChI=1S/C17H29NO/c1-5-16-9-6-10-17(12-16)19-15(4)8-7-11-18-13-14(2)3/h6,9-10,12,14-15,18H,5,7-8,11,13H2,1-4H3. The number of aryl methyl sites for hydroxylation is 1. The second kappa shape index (κ2) is 8.98. The Labute approximate surface area is 118 Å². The van der Waals surface area contributed by atoms with Crippen LogP contribution < -0.4 is 10.1 Å². The predicted molar refractivity (Wildman–Crippen MR) is 82.9 cm³/mol. The molecule has 0 bridgehead atoms. The van der Waals surface area contributed by atoms with Crippen LogP contribution in [0.5, 0.6) is 5.75 Å². The lowest BCUT2D eigenvalue weighted by Gasteiger charge is -2.15. The normalized spacial score (nSPS) is 12.7. The molecular formula is C17H29NO. The van der Waals surface area contributed by atoms with E-state index in [1.54, 1.807) is 0 Å². The molecule has 1 atom stereocenters. The lowest BCUT2D eigenvalue weighted by molar-refractivity contribution is 0.207. The summed E-state index contributed by atoms with van der Waals surface area (Å²) in [7, 11) is 0. The van der Waals surface area contributed by atoms with Crippen molar-refractivity contribution in [1.29, 1.82) is 0 Å².